The Bertz CT molecular complexity index is 621. The van der Waals surface area contributed by atoms with Crippen molar-refractivity contribution in [3.8, 4) is 11.1 Å². The molecular formula is C14H10F2O2. The summed E-state index contributed by atoms with van der Waals surface area (Å²) < 4.78 is 27.6. The van der Waals surface area contributed by atoms with E-state index in [0.29, 0.717) is 0 Å². The number of aryl methyl sites for hydroxylation is 1. The Morgan fingerprint density at radius 2 is 1.83 bits per heavy atom. The van der Waals surface area contributed by atoms with E-state index in [1.165, 1.54) is 24.3 Å². The third-order valence-electron chi connectivity index (χ3n) is 2.64. The molecule has 0 heterocycles. The van der Waals surface area contributed by atoms with E-state index in [2.05, 4.69) is 0 Å². The second-order valence-corrected chi connectivity index (χ2v) is 3.96. The fourth-order valence-electron chi connectivity index (χ4n) is 1.75. The van der Waals surface area contributed by atoms with Crippen molar-refractivity contribution in [2.45, 2.75) is 6.92 Å². The van der Waals surface area contributed by atoms with E-state index in [0.717, 1.165) is 11.6 Å². The topological polar surface area (TPSA) is 37.3 Å². The first kappa shape index (κ1) is 12.2. The lowest BCUT2D eigenvalue weighted by atomic mass is 10.00. The average Bonchev–Trinajstić information content (AvgIpc) is 2.32. The molecule has 0 saturated heterocycles. The molecule has 0 saturated carbocycles. The fourth-order valence-corrected chi connectivity index (χ4v) is 1.75. The second-order valence-electron chi connectivity index (χ2n) is 3.96. The summed E-state index contributed by atoms with van der Waals surface area (Å²) in [7, 11) is 0. The minimum atomic E-state index is -1.37. The number of hydrogen-bond donors (Lipinski definition) is 1. The molecule has 0 aliphatic rings. The van der Waals surface area contributed by atoms with E-state index in [9.17, 15) is 13.6 Å². The molecule has 18 heavy (non-hydrogen) atoms. The number of carbonyl (C=O) groups is 1. The molecule has 0 aromatic heterocycles. The van der Waals surface area contributed by atoms with Gasteiger partial charge in [-0.2, -0.15) is 0 Å². The monoisotopic (exact) mass is 248 g/mol. The zero-order valence-corrected chi connectivity index (χ0v) is 9.58. The summed E-state index contributed by atoms with van der Waals surface area (Å²) in [5, 5.41) is 8.83. The van der Waals surface area contributed by atoms with E-state index in [4.69, 9.17) is 5.11 Å². The van der Waals surface area contributed by atoms with Crippen molar-refractivity contribution in [2.24, 2.45) is 0 Å². The van der Waals surface area contributed by atoms with Gasteiger partial charge in [0.25, 0.3) is 0 Å². The lowest BCUT2D eigenvalue weighted by Gasteiger charge is -2.08. The highest BCUT2D eigenvalue weighted by Gasteiger charge is 2.17. The summed E-state index contributed by atoms with van der Waals surface area (Å²) in [6.07, 6.45) is 0. The van der Waals surface area contributed by atoms with Crippen molar-refractivity contribution in [2.75, 3.05) is 0 Å². The second kappa shape index (κ2) is 4.56. The number of carboxylic acids is 1. The molecule has 2 rings (SSSR count). The number of halogens is 2. The number of hydrogen-bond acceptors (Lipinski definition) is 1. The molecule has 0 unspecified atom stereocenters. The average molecular weight is 248 g/mol. The highest BCUT2D eigenvalue weighted by atomic mass is 19.1. The van der Waals surface area contributed by atoms with E-state index in [1.807, 2.05) is 0 Å². The normalized spacial score (nSPS) is 10.4. The first-order chi connectivity index (χ1) is 8.50. The Kier molecular flexibility index (Phi) is 3.10. The smallest absolute Gasteiger partial charge is 0.338 e. The van der Waals surface area contributed by atoms with Crippen LogP contribution in [0.4, 0.5) is 8.78 Å². The van der Waals surface area contributed by atoms with E-state index in [1.54, 1.807) is 13.0 Å². The maximum absolute atomic E-state index is 14.0. The molecule has 0 bridgehead atoms. The molecule has 0 aliphatic heterocycles. The van der Waals surface area contributed by atoms with Crippen molar-refractivity contribution in [3.63, 3.8) is 0 Å². The quantitative estimate of drug-likeness (QED) is 0.880. The van der Waals surface area contributed by atoms with Gasteiger partial charge in [-0.3, -0.25) is 0 Å². The molecule has 0 amide bonds. The van der Waals surface area contributed by atoms with Crippen molar-refractivity contribution >= 4 is 5.97 Å². The maximum atomic E-state index is 14.0. The Hall–Kier alpha value is -2.23. The molecule has 92 valence electrons. The Morgan fingerprint density at radius 1 is 1.11 bits per heavy atom. The van der Waals surface area contributed by atoms with Gasteiger partial charge in [0, 0.05) is 11.1 Å². The summed E-state index contributed by atoms with van der Waals surface area (Å²) in [6, 6.07) is 8.19. The Balaban J connectivity index is 2.68. The van der Waals surface area contributed by atoms with Gasteiger partial charge in [0.15, 0.2) is 0 Å². The zero-order valence-electron chi connectivity index (χ0n) is 9.58. The molecule has 1 N–H and O–H groups in total. The SMILES string of the molecule is Cc1ccc(F)c(-c2cccc(C(=O)O)c2F)c1. The van der Waals surface area contributed by atoms with Crippen LogP contribution in [0, 0.1) is 18.6 Å². The highest BCUT2D eigenvalue weighted by Crippen LogP contribution is 2.28. The molecular weight excluding hydrogens is 238 g/mol. The number of benzene rings is 2. The van der Waals surface area contributed by atoms with E-state index in [-0.39, 0.29) is 11.1 Å². The number of aromatic carboxylic acids is 1. The third-order valence-corrected chi connectivity index (χ3v) is 2.64. The largest absolute Gasteiger partial charge is 0.478 e. The van der Waals surface area contributed by atoms with Crippen LogP contribution < -0.4 is 0 Å². The summed E-state index contributed by atoms with van der Waals surface area (Å²) in [4.78, 5) is 10.8. The molecule has 4 heteroatoms. The van der Waals surface area contributed by atoms with Crippen molar-refractivity contribution in [1.29, 1.82) is 0 Å². The van der Waals surface area contributed by atoms with Crippen LogP contribution in [0.15, 0.2) is 36.4 Å². The summed E-state index contributed by atoms with van der Waals surface area (Å²) in [6.45, 7) is 1.75. The van der Waals surface area contributed by atoms with Gasteiger partial charge in [0.2, 0.25) is 0 Å². The predicted molar refractivity (Wildman–Crippen MR) is 63.5 cm³/mol. The minimum absolute atomic E-state index is 0.0453. The van der Waals surface area contributed by atoms with E-state index >= 15 is 0 Å². The van der Waals surface area contributed by atoms with Crippen molar-refractivity contribution in [3.05, 3.63) is 59.2 Å². The van der Waals surface area contributed by atoms with Crippen LogP contribution in [0.3, 0.4) is 0 Å². The molecule has 0 fully saturated rings. The molecule has 2 nitrogen and oxygen atoms in total. The summed E-state index contributed by atoms with van der Waals surface area (Å²) in [5.74, 6) is -2.88. The van der Waals surface area contributed by atoms with Gasteiger partial charge in [-0.05, 0) is 25.1 Å². The van der Waals surface area contributed by atoms with Crippen LogP contribution in [-0.4, -0.2) is 11.1 Å². The predicted octanol–water partition coefficient (Wildman–Crippen LogP) is 3.64. The van der Waals surface area contributed by atoms with Gasteiger partial charge in [-0.25, -0.2) is 13.6 Å². The van der Waals surface area contributed by atoms with E-state index < -0.39 is 23.2 Å². The first-order valence-electron chi connectivity index (χ1n) is 5.29. The lowest BCUT2D eigenvalue weighted by molar-refractivity contribution is 0.0692. The fraction of sp³-hybridized carbons (Fsp3) is 0.0714. The van der Waals surface area contributed by atoms with Crippen LogP contribution in [-0.2, 0) is 0 Å². The molecule has 2 aromatic rings. The van der Waals surface area contributed by atoms with Gasteiger partial charge < -0.3 is 5.11 Å². The van der Waals surface area contributed by atoms with Gasteiger partial charge in [0.1, 0.15) is 11.6 Å². The standard InChI is InChI=1S/C14H10F2O2/c1-8-5-6-12(15)11(7-8)9-3-2-4-10(13(9)16)14(17)18/h2-7H,1H3,(H,17,18). The lowest BCUT2D eigenvalue weighted by Crippen LogP contribution is -2.02. The molecule has 2 aromatic carbocycles. The van der Waals surface area contributed by atoms with Crippen molar-refractivity contribution < 1.29 is 18.7 Å². The van der Waals surface area contributed by atoms with Gasteiger partial charge >= 0.3 is 5.97 Å². The first-order valence-corrected chi connectivity index (χ1v) is 5.29. The third kappa shape index (κ3) is 2.09. The summed E-state index contributed by atoms with van der Waals surface area (Å²) in [5.41, 5.74) is 0.326. The molecule has 0 atom stereocenters. The van der Waals surface area contributed by atoms with Crippen LogP contribution in [0.2, 0.25) is 0 Å². The van der Waals surface area contributed by atoms with Crippen LogP contribution in [0.25, 0.3) is 11.1 Å². The molecule has 0 spiro atoms. The van der Waals surface area contributed by atoms with Gasteiger partial charge in [0.05, 0.1) is 5.56 Å². The minimum Gasteiger partial charge on any atom is -0.478 e. The Morgan fingerprint density at radius 3 is 2.50 bits per heavy atom. The van der Waals surface area contributed by atoms with Crippen LogP contribution in [0.5, 0.6) is 0 Å². The number of carboxylic acid groups (broad SMARTS) is 1. The highest BCUT2D eigenvalue weighted by molar-refractivity contribution is 5.90. The Labute approximate surface area is 103 Å². The summed E-state index contributed by atoms with van der Waals surface area (Å²) >= 11 is 0. The molecule has 0 radical (unpaired) electrons. The van der Waals surface area contributed by atoms with Gasteiger partial charge in [-0.1, -0.05) is 23.8 Å². The number of rotatable bonds is 2. The van der Waals surface area contributed by atoms with Gasteiger partial charge in [-0.15, -0.1) is 0 Å². The molecule has 0 aliphatic carbocycles. The van der Waals surface area contributed by atoms with Crippen molar-refractivity contribution in [1.82, 2.24) is 0 Å². The van der Waals surface area contributed by atoms with Crippen LogP contribution in [0.1, 0.15) is 15.9 Å². The maximum Gasteiger partial charge on any atom is 0.338 e. The van der Waals surface area contributed by atoms with Crippen LogP contribution >= 0.6 is 0 Å². The zero-order chi connectivity index (χ0) is 13.3.